The maximum absolute atomic E-state index is 14.3. The van der Waals surface area contributed by atoms with Crippen LogP contribution in [-0.4, -0.2) is 23.0 Å². The summed E-state index contributed by atoms with van der Waals surface area (Å²) >= 11 is 3.19. The van der Waals surface area contributed by atoms with Crippen molar-refractivity contribution in [1.29, 1.82) is 0 Å². The van der Waals surface area contributed by atoms with E-state index >= 15 is 0 Å². The Kier molecular flexibility index (Phi) is 2.85. The number of aryl methyl sites for hydroxylation is 1. The van der Waals surface area contributed by atoms with Crippen LogP contribution in [0.2, 0.25) is 0 Å². The Hall–Kier alpha value is -1.76. The third kappa shape index (κ3) is 1.94. The lowest BCUT2D eigenvalue weighted by Crippen LogP contribution is -2.16. The van der Waals surface area contributed by atoms with Crippen LogP contribution in [0.3, 0.4) is 0 Å². The molecule has 0 radical (unpaired) electrons. The Morgan fingerprint density at radius 2 is 2.11 bits per heavy atom. The highest BCUT2D eigenvalue weighted by Crippen LogP contribution is 2.43. The summed E-state index contributed by atoms with van der Waals surface area (Å²) in [6.45, 7) is 0.843. The van der Waals surface area contributed by atoms with Crippen LogP contribution in [0.1, 0.15) is 0 Å². The molecule has 0 aliphatic carbocycles. The van der Waals surface area contributed by atoms with E-state index < -0.39 is 5.82 Å². The van der Waals surface area contributed by atoms with Gasteiger partial charge in [-0.15, -0.1) is 0 Å². The van der Waals surface area contributed by atoms with Gasteiger partial charge in [0, 0.05) is 18.7 Å². The number of rotatable bonds is 1. The molecular formula is C12H11BrFN3O2. The van der Waals surface area contributed by atoms with Crippen molar-refractivity contribution in [3.63, 3.8) is 0 Å². The SMILES string of the molecule is Cn1nc(-c2cc3c(c(Br)c2F)OCCO3)cc1N. The zero-order chi connectivity index (χ0) is 13.6. The molecule has 0 spiro atoms. The molecule has 0 saturated carbocycles. The third-order valence-electron chi connectivity index (χ3n) is 2.91. The fourth-order valence-electron chi connectivity index (χ4n) is 1.92. The molecule has 0 bridgehead atoms. The maximum Gasteiger partial charge on any atom is 0.178 e. The summed E-state index contributed by atoms with van der Waals surface area (Å²) in [7, 11) is 1.70. The lowest BCUT2D eigenvalue weighted by Gasteiger charge is -2.20. The van der Waals surface area contributed by atoms with Crippen LogP contribution < -0.4 is 15.2 Å². The molecule has 1 aromatic heterocycles. The molecule has 100 valence electrons. The summed E-state index contributed by atoms with van der Waals surface area (Å²) in [4.78, 5) is 0. The predicted molar refractivity (Wildman–Crippen MR) is 71.7 cm³/mol. The maximum atomic E-state index is 14.3. The highest BCUT2D eigenvalue weighted by Gasteiger charge is 2.23. The molecule has 0 unspecified atom stereocenters. The molecule has 0 amide bonds. The van der Waals surface area contributed by atoms with Gasteiger partial charge in [-0.25, -0.2) is 4.39 Å². The number of benzene rings is 1. The lowest BCUT2D eigenvalue weighted by atomic mass is 10.1. The molecule has 0 fully saturated rings. The Balaban J connectivity index is 2.19. The van der Waals surface area contributed by atoms with Crippen LogP contribution in [0.4, 0.5) is 10.2 Å². The van der Waals surface area contributed by atoms with Gasteiger partial charge in [0.2, 0.25) is 0 Å². The number of anilines is 1. The second-order valence-electron chi connectivity index (χ2n) is 4.15. The lowest BCUT2D eigenvalue weighted by molar-refractivity contribution is 0.169. The van der Waals surface area contributed by atoms with Crippen LogP contribution >= 0.6 is 15.9 Å². The first kappa shape index (κ1) is 12.3. The summed E-state index contributed by atoms with van der Waals surface area (Å²) in [6, 6.07) is 3.19. The van der Waals surface area contributed by atoms with Crippen LogP contribution in [0, 0.1) is 5.82 Å². The molecule has 19 heavy (non-hydrogen) atoms. The number of hydrogen-bond acceptors (Lipinski definition) is 4. The largest absolute Gasteiger partial charge is 0.486 e. The molecule has 0 atom stereocenters. The van der Waals surface area contributed by atoms with E-state index in [1.807, 2.05) is 0 Å². The van der Waals surface area contributed by atoms with Gasteiger partial charge in [0.1, 0.15) is 19.0 Å². The van der Waals surface area contributed by atoms with Gasteiger partial charge in [-0.2, -0.15) is 5.10 Å². The summed E-state index contributed by atoms with van der Waals surface area (Å²) in [5, 5.41) is 4.17. The topological polar surface area (TPSA) is 62.3 Å². The minimum absolute atomic E-state index is 0.240. The van der Waals surface area contributed by atoms with Gasteiger partial charge in [0.25, 0.3) is 0 Å². The van der Waals surface area contributed by atoms with Crippen molar-refractivity contribution in [3.8, 4) is 22.8 Å². The van der Waals surface area contributed by atoms with Crippen molar-refractivity contribution in [2.75, 3.05) is 18.9 Å². The highest BCUT2D eigenvalue weighted by molar-refractivity contribution is 9.10. The molecule has 1 aliphatic heterocycles. The van der Waals surface area contributed by atoms with E-state index in [2.05, 4.69) is 21.0 Å². The van der Waals surface area contributed by atoms with Gasteiger partial charge in [-0.3, -0.25) is 4.68 Å². The van der Waals surface area contributed by atoms with Crippen molar-refractivity contribution in [2.45, 2.75) is 0 Å². The Bertz CT molecular complexity index is 637. The number of ether oxygens (including phenoxy) is 2. The van der Waals surface area contributed by atoms with Gasteiger partial charge in [0.15, 0.2) is 17.3 Å². The molecule has 5 nitrogen and oxygen atoms in total. The molecule has 2 N–H and O–H groups in total. The van der Waals surface area contributed by atoms with Crippen molar-refractivity contribution in [3.05, 3.63) is 22.4 Å². The molecule has 1 aliphatic rings. The standard InChI is InChI=1S/C12H11BrFN3O2/c1-17-9(15)5-7(16-17)6-4-8-12(10(13)11(6)14)19-3-2-18-8/h4-5H,2-3,15H2,1H3. The van der Waals surface area contributed by atoms with E-state index in [-0.39, 0.29) is 4.47 Å². The molecule has 3 rings (SSSR count). The molecule has 2 heterocycles. The molecule has 0 saturated heterocycles. The Labute approximate surface area is 117 Å². The van der Waals surface area contributed by atoms with E-state index in [9.17, 15) is 4.39 Å². The highest BCUT2D eigenvalue weighted by atomic mass is 79.9. The van der Waals surface area contributed by atoms with Crippen molar-refractivity contribution < 1.29 is 13.9 Å². The van der Waals surface area contributed by atoms with E-state index in [1.54, 1.807) is 19.2 Å². The van der Waals surface area contributed by atoms with E-state index in [0.717, 1.165) is 0 Å². The van der Waals surface area contributed by atoms with Crippen LogP contribution in [0.15, 0.2) is 16.6 Å². The normalized spacial score (nSPS) is 13.6. The number of nitrogen functional groups attached to an aromatic ring is 1. The van der Waals surface area contributed by atoms with Gasteiger partial charge in [-0.05, 0) is 22.0 Å². The van der Waals surface area contributed by atoms with Crippen LogP contribution in [-0.2, 0) is 7.05 Å². The zero-order valence-corrected chi connectivity index (χ0v) is 11.7. The number of halogens is 2. The van der Waals surface area contributed by atoms with Gasteiger partial charge in [0.05, 0.1) is 10.2 Å². The average Bonchev–Trinajstić information content (AvgIpc) is 2.74. The van der Waals surface area contributed by atoms with Crippen LogP contribution in [0.5, 0.6) is 11.5 Å². The predicted octanol–water partition coefficient (Wildman–Crippen LogP) is 2.34. The summed E-state index contributed by atoms with van der Waals surface area (Å²) in [5.41, 5.74) is 6.49. The quantitative estimate of drug-likeness (QED) is 0.873. The first-order valence-corrected chi connectivity index (χ1v) is 6.44. The number of nitrogens with zero attached hydrogens (tertiary/aromatic N) is 2. The van der Waals surface area contributed by atoms with Gasteiger partial charge in [-0.1, -0.05) is 0 Å². The van der Waals surface area contributed by atoms with Crippen molar-refractivity contribution >= 4 is 21.7 Å². The minimum atomic E-state index is -0.442. The van der Waals surface area contributed by atoms with E-state index in [0.29, 0.717) is 41.8 Å². The minimum Gasteiger partial charge on any atom is -0.486 e. The monoisotopic (exact) mass is 327 g/mol. The van der Waals surface area contributed by atoms with Crippen molar-refractivity contribution in [1.82, 2.24) is 9.78 Å². The van der Waals surface area contributed by atoms with E-state index in [1.165, 1.54) is 4.68 Å². The summed E-state index contributed by atoms with van der Waals surface area (Å²) < 4.78 is 26.9. The fourth-order valence-corrected chi connectivity index (χ4v) is 2.45. The average molecular weight is 328 g/mol. The number of aromatic nitrogens is 2. The van der Waals surface area contributed by atoms with Crippen molar-refractivity contribution in [2.24, 2.45) is 7.05 Å². The first-order valence-electron chi connectivity index (χ1n) is 5.65. The Morgan fingerprint density at radius 3 is 2.79 bits per heavy atom. The molecule has 2 aromatic rings. The van der Waals surface area contributed by atoms with Crippen LogP contribution in [0.25, 0.3) is 11.3 Å². The zero-order valence-electron chi connectivity index (χ0n) is 10.1. The van der Waals surface area contributed by atoms with E-state index in [4.69, 9.17) is 15.2 Å². The Morgan fingerprint density at radius 1 is 1.37 bits per heavy atom. The smallest absolute Gasteiger partial charge is 0.178 e. The summed E-state index contributed by atoms with van der Waals surface area (Å²) in [6.07, 6.45) is 0. The molecule has 1 aromatic carbocycles. The molecular weight excluding hydrogens is 317 g/mol. The first-order chi connectivity index (χ1) is 9.08. The number of hydrogen-bond donors (Lipinski definition) is 1. The molecule has 7 heteroatoms. The second-order valence-corrected chi connectivity index (χ2v) is 4.95. The third-order valence-corrected chi connectivity index (χ3v) is 3.62. The van der Waals surface area contributed by atoms with Gasteiger partial charge < -0.3 is 15.2 Å². The number of nitrogens with two attached hydrogens (primary N) is 1. The number of fused-ring (bicyclic) bond motifs is 1. The second kappa shape index (κ2) is 4.41. The summed E-state index contributed by atoms with van der Waals surface area (Å²) in [5.74, 6) is 0.901. The van der Waals surface area contributed by atoms with Gasteiger partial charge >= 0.3 is 0 Å². The fraction of sp³-hybridized carbons (Fsp3) is 0.250.